The maximum atomic E-state index is 12.3. The van der Waals surface area contributed by atoms with E-state index in [2.05, 4.69) is 0 Å². The van der Waals surface area contributed by atoms with Crippen molar-refractivity contribution in [2.45, 2.75) is 20.8 Å². The summed E-state index contributed by atoms with van der Waals surface area (Å²) in [6.07, 6.45) is 0.533. The standard InChI is InChI=1S/C19H20O6/c1-4-23-16-10-15(25-18(22)19(3,11-20)12-21)13-8-6-7-9-14(13)17(16)24-5-2/h6-12H,4-5H2,1-3H3. The second kappa shape index (κ2) is 7.79. The summed E-state index contributed by atoms with van der Waals surface area (Å²) in [6.45, 7) is 5.73. The van der Waals surface area contributed by atoms with E-state index >= 15 is 0 Å². The molecule has 0 saturated heterocycles. The number of carbonyl (C=O) groups is 3. The quantitative estimate of drug-likeness (QED) is 0.317. The maximum Gasteiger partial charge on any atom is 0.331 e. The van der Waals surface area contributed by atoms with Crippen molar-refractivity contribution in [1.29, 1.82) is 0 Å². The molecule has 0 aromatic heterocycles. The summed E-state index contributed by atoms with van der Waals surface area (Å²) >= 11 is 0. The first-order chi connectivity index (χ1) is 12.0. The lowest BCUT2D eigenvalue weighted by molar-refractivity contribution is -0.149. The van der Waals surface area contributed by atoms with Gasteiger partial charge in [0.2, 0.25) is 0 Å². The number of esters is 1. The van der Waals surface area contributed by atoms with Crippen molar-refractivity contribution < 1.29 is 28.6 Å². The van der Waals surface area contributed by atoms with Crippen molar-refractivity contribution in [3.8, 4) is 17.2 Å². The molecule has 132 valence electrons. The molecule has 0 heterocycles. The second-order valence-corrected chi connectivity index (χ2v) is 5.52. The fourth-order valence-corrected chi connectivity index (χ4v) is 2.27. The van der Waals surface area contributed by atoms with Crippen LogP contribution in [0.25, 0.3) is 10.8 Å². The number of fused-ring (bicyclic) bond motifs is 1. The summed E-state index contributed by atoms with van der Waals surface area (Å²) in [6, 6.07) is 8.72. The van der Waals surface area contributed by atoms with E-state index in [1.54, 1.807) is 12.1 Å². The van der Waals surface area contributed by atoms with Gasteiger partial charge in [-0.25, -0.2) is 0 Å². The fraction of sp³-hybridized carbons (Fsp3) is 0.316. The Labute approximate surface area is 145 Å². The third kappa shape index (κ3) is 3.63. The number of hydrogen-bond donors (Lipinski definition) is 0. The number of rotatable bonds is 8. The Kier molecular flexibility index (Phi) is 5.75. The molecule has 6 nitrogen and oxygen atoms in total. The van der Waals surface area contributed by atoms with Gasteiger partial charge in [-0.15, -0.1) is 0 Å². The predicted octanol–water partition coefficient (Wildman–Crippen LogP) is 2.95. The van der Waals surface area contributed by atoms with E-state index in [0.717, 1.165) is 0 Å². The molecular weight excluding hydrogens is 324 g/mol. The molecule has 0 aliphatic rings. The normalized spacial score (nSPS) is 11.0. The highest BCUT2D eigenvalue weighted by molar-refractivity contribution is 6.09. The van der Waals surface area contributed by atoms with Gasteiger partial charge in [0.15, 0.2) is 16.9 Å². The molecule has 0 aliphatic carbocycles. The van der Waals surface area contributed by atoms with Crippen LogP contribution in [0.4, 0.5) is 0 Å². The SMILES string of the molecule is CCOc1cc(OC(=O)C(C)(C=O)C=O)c2ccccc2c1OCC. The first kappa shape index (κ1) is 18.4. The van der Waals surface area contributed by atoms with E-state index in [-0.39, 0.29) is 18.3 Å². The van der Waals surface area contributed by atoms with Crippen LogP contribution < -0.4 is 14.2 Å². The van der Waals surface area contributed by atoms with E-state index in [9.17, 15) is 14.4 Å². The van der Waals surface area contributed by atoms with Gasteiger partial charge >= 0.3 is 5.97 Å². The fourth-order valence-electron chi connectivity index (χ4n) is 2.27. The van der Waals surface area contributed by atoms with Crippen molar-refractivity contribution in [3.63, 3.8) is 0 Å². The Balaban J connectivity index is 2.60. The Hall–Kier alpha value is -2.89. The summed E-state index contributed by atoms with van der Waals surface area (Å²) in [4.78, 5) is 34.4. The van der Waals surface area contributed by atoms with Gasteiger partial charge in [0, 0.05) is 16.8 Å². The smallest absolute Gasteiger partial charge is 0.331 e. The molecule has 0 atom stereocenters. The summed E-state index contributed by atoms with van der Waals surface area (Å²) < 4.78 is 16.7. The van der Waals surface area contributed by atoms with E-state index in [0.29, 0.717) is 35.5 Å². The van der Waals surface area contributed by atoms with Crippen molar-refractivity contribution in [2.24, 2.45) is 5.41 Å². The molecule has 0 unspecified atom stereocenters. The van der Waals surface area contributed by atoms with Crippen LogP contribution in [-0.2, 0) is 14.4 Å². The van der Waals surface area contributed by atoms with Gasteiger partial charge in [-0.05, 0) is 20.8 Å². The van der Waals surface area contributed by atoms with Crippen LogP contribution in [-0.4, -0.2) is 31.8 Å². The number of carbonyl (C=O) groups excluding carboxylic acids is 3. The third-order valence-corrected chi connectivity index (χ3v) is 3.64. The van der Waals surface area contributed by atoms with Gasteiger partial charge in [-0.2, -0.15) is 0 Å². The zero-order valence-electron chi connectivity index (χ0n) is 14.4. The molecule has 0 radical (unpaired) electrons. The minimum atomic E-state index is -1.86. The minimum Gasteiger partial charge on any atom is -0.490 e. The number of benzene rings is 2. The second-order valence-electron chi connectivity index (χ2n) is 5.52. The highest BCUT2D eigenvalue weighted by Crippen LogP contribution is 2.42. The summed E-state index contributed by atoms with van der Waals surface area (Å²) in [5, 5.41) is 1.32. The maximum absolute atomic E-state index is 12.3. The molecule has 0 bridgehead atoms. The lowest BCUT2D eigenvalue weighted by Crippen LogP contribution is -2.35. The van der Waals surface area contributed by atoms with Crippen molar-refractivity contribution in [3.05, 3.63) is 30.3 Å². The zero-order valence-corrected chi connectivity index (χ0v) is 14.4. The molecule has 6 heteroatoms. The highest BCUT2D eigenvalue weighted by Gasteiger charge is 2.35. The molecule has 0 amide bonds. The van der Waals surface area contributed by atoms with Crippen molar-refractivity contribution in [2.75, 3.05) is 13.2 Å². The summed E-state index contributed by atoms with van der Waals surface area (Å²) in [5.41, 5.74) is -1.86. The molecular formula is C19H20O6. The minimum absolute atomic E-state index is 0.197. The van der Waals surface area contributed by atoms with Crippen LogP contribution >= 0.6 is 0 Å². The molecule has 0 saturated carbocycles. The summed E-state index contributed by atoms with van der Waals surface area (Å²) in [7, 11) is 0. The third-order valence-electron chi connectivity index (χ3n) is 3.64. The molecule has 2 aromatic carbocycles. The van der Waals surface area contributed by atoms with Crippen LogP contribution in [0.3, 0.4) is 0 Å². The van der Waals surface area contributed by atoms with E-state index in [1.807, 2.05) is 26.0 Å². The monoisotopic (exact) mass is 344 g/mol. The van der Waals surface area contributed by atoms with Gasteiger partial charge in [-0.3, -0.25) is 4.79 Å². The Morgan fingerprint density at radius 1 is 1.00 bits per heavy atom. The van der Waals surface area contributed by atoms with Gasteiger partial charge in [-0.1, -0.05) is 24.3 Å². The molecule has 2 aromatic rings. The molecule has 0 fully saturated rings. The van der Waals surface area contributed by atoms with Gasteiger partial charge in [0.1, 0.15) is 18.3 Å². The van der Waals surface area contributed by atoms with Gasteiger partial charge in [0.05, 0.1) is 13.2 Å². The zero-order chi connectivity index (χ0) is 18.4. The topological polar surface area (TPSA) is 78.9 Å². The Morgan fingerprint density at radius 2 is 1.60 bits per heavy atom. The largest absolute Gasteiger partial charge is 0.490 e. The van der Waals surface area contributed by atoms with Gasteiger partial charge < -0.3 is 23.8 Å². The lowest BCUT2D eigenvalue weighted by atomic mass is 9.95. The Morgan fingerprint density at radius 3 is 2.16 bits per heavy atom. The molecule has 0 spiro atoms. The number of hydrogen-bond acceptors (Lipinski definition) is 6. The first-order valence-corrected chi connectivity index (χ1v) is 7.97. The average molecular weight is 344 g/mol. The average Bonchev–Trinajstić information content (AvgIpc) is 2.64. The van der Waals surface area contributed by atoms with E-state index in [1.165, 1.54) is 13.0 Å². The molecule has 2 rings (SSSR count). The van der Waals surface area contributed by atoms with Crippen LogP contribution in [0, 0.1) is 5.41 Å². The molecule has 25 heavy (non-hydrogen) atoms. The van der Waals surface area contributed by atoms with Crippen LogP contribution in [0.2, 0.25) is 0 Å². The number of ether oxygens (including phenoxy) is 3. The lowest BCUT2D eigenvalue weighted by Gasteiger charge is -2.18. The van der Waals surface area contributed by atoms with Crippen LogP contribution in [0.15, 0.2) is 30.3 Å². The van der Waals surface area contributed by atoms with Crippen LogP contribution in [0.5, 0.6) is 17.2 Å². The van der Waals surface area contributed by atoms with E-state index < -0.39 is 11.4 Å². The highest BCUT2D eigenvalue weighted by atomic mass is 16.5. The Bertz CT molecular complexity index is 788. The molecule has 0 N–H and O–H groups in total. The van der Waals surface area contributed by atoms with E-state index in [4.69, 9.17) is 14.2 Å². The predicted molar refractivity (Wildman–Crippen MR) is 92.2 cm³/mol. The first-order valence-electron chi connectivity index (χ1n) is 7.97. The molecule has 0 aliphatic heterocycles. The van der Waals surface area contributed by atoms with Gasteiger partial charge in [0.25, 0.3) is 0 Å². The van der Waals surface area contributed by atoms with Crippen molar-refractivity contribution in [1.82, 2.24) is 0 Å². The summed E-state index contributed by atoms with van der Waals surface area (Å²) in [5.74, 6) is 0.217. The van der Waals surface area contributed by atoms with Crippen molar-refractivity contribution >= 4 is 29.3 Å². The number of aldehydes is 2. The van der Waals surface area contributed by atoms with Crippen LogP contribution in [0.1, 0.15) is 20.8 Å².